The number of allylic oxidation sites excluding steroid dienone is 12. The monoisotopic (exact) mass is 1070 g/mol. The molecule has 0 aromatic heterocycles. The smallest absolute Gasteiger partial charge is 0.306 e. The summed E-state index contributed by atoms with van der Waals surface area (Å²) in [6, 6.07) is 0. The lowest BCUT2D eigenvalue weighted by Gasteiger charge is -2.18. The highest BCUT2D eigenvalue weighted by Crippen LogP contribution is 2.17. The van der Waals surface area contributed by atoms with Gasteiger partial charge >= 0.3 is 17.9 Å². The summed E-state index contributed by atoms with van der Waals surface area (Å²) >= 11 is 0. The van der Waals surface area contributed by atoms with Crippen LogP contribution in [0.25, 0.3) is 0 Å². The van der Waals surface area contributed by atoms with Crippen molar-refractivity contribution in [2.75, 3.05) is 13.2 Å². The molecule has 1 atom stereocenters. The first-order valence-corrected chi connectivity index (χ1v) is 33.4. The van der Waals surface area contributed by atoms with Gasteiger partial charge in [0.05, 0.1) is 0 Å². The van der Waals surface area contributed by atoms with Crippen molar-refractivity contribution in [2.45, 2.75) is 348 Å². The fourth-order valence-electron chi connectivity index (χ4n) is 9.70. The summed E-state index contributed by atoms with van der Waals surface area (Å²) in [6.45, 7) is 6.55. The first-order valence-electron chi connectivity index (χ1n) is 33.4. The van der Waals surface area contributed by atoms with E-state index in [-0.39, 0.29) is 31.1 Å². The molecule has 0 fully saturated rings. The van der Waals surface area contributed by atoms with E-state index in [0.717, 1.165) is 96.3 Å². The van der Waals surface area contributed by atoms with Gasteiger partial charge in [0.15, 0.2) is 6.10 Å². The van der Waals surface area contributed by atoms with Gasteiger partial charge in [-0.15, -0.1) is 0 Å². The summed E-state index contributed by atoms with van der Waals surface area (Å²) in [5, 5.41) is 0. The molecule has 0 heterocycles. The number of rotatable bonds is 61. The first kappa shape index (κ1) is 73.8. The third-order valence-corrected chi connectivity index (χ3v) is 14.7. The lowest BCUT2D eigenvalue weighted by molar-refractivity contribution is -0.167. The second-order valence-corrected chi connectivity index (χ2v) is 22.4. The molecule has 0 N–H and O–H groups in total. The molecule has 0 bridgehead atoms. The van der Waals surface area contributed by atoms with Crippen molar-refractivity contribution in [1.29, 1.82) is 0 Å². The third-order valence-electron chi connectivity index (χ3n) is 14.7. The van der Waals surface area contributed by atoms with E-state index in [2.05, 4.69) is 93.7 Å². The van der Waals surface area contributed by atoms with Gasteiger partial charge < -0.3 is 14.2 Å². The molecule has 0 saturated carbocycles. The van der Waals surface area contributed by atoms with Gasteiger partial charge in [-0.3, -0.25) is 14.4 Å². The fourth-order valence-corrected chi connectivity index (χ4v) is 9.70. The second kappa shape index (κ2) is 65.4. The lowest BCUT2D eigenvalue weighted by atomic mass is 10.0. The Morgan fingerprint density at radius 3 is 0.818 bits per heavy atom. The highest BCUT2D eigenvalue weighted by Gasteiger charge is 2.19. The predicted octanol–water partition coefficient (Wildman–Crippen LogP) is 22.9. The van der Waals surface area contributed by atoms with Crippen molar-refractivity contribution in [1.82, 2.24) is 0 Å². The van der Waals surface area contributed by atoms with Crippen molar-refractivity contribution in [3.05, 3.63) is 72.9 Å². The Morgan fingerprint density at radius 2 is 0.506 bits per heavy atom. The zero-order chi connectivity index (χ0) is 55.7. The number of unbranched alkanes of at least 4 members (excludes halogenated alkanes) is 38. The third kappa shape index (κ3) is 63.6. The standard InChI is InChI=1S/C71H126O6/c1-4-7-10-13-16-19-22-25-28-31-32-33-34-35-36-37-38-41-43-46-49-52-55-58-61-64-70(73)76-67-68(77-71(74)65-62-59-56-53-50-47-44-40-30-27-24-21-18-15-12-9-6-3)66-75-69(72)63-60-57-54-51-48-45-42-39-29-26-23-20-17-14-11-8-5-2/h7,10,16,18-19,21,25,27-28,30,32-33,68H,4-6,8-9,11-15,17,20,22-24,26,29,31,34-67H2,1-3H3/b10-7-,19-16-,21-18-,28-25-,30-27-,33-32-. The Balaban J connectivity index is 4.32. The maximum absolute atomic E-state index is 12.9. The van der Waals surface area contributed by atoms with Gasteiger partial charge in [-0.05, 0) is 89.9 Å². The van der Waals surface area contributed by atoms with E-state index in [0.29, 0.717) is 19.3 Å². The number of ether oxygens (including phenoxy) is 3. The highest BCUT2D eigenvalue weighted by atomic mass is 16.6. The van der Waals surface area contributed by atoms with E-state index in [1.807, 2.05) is 0 Å². The molecule has 0 aliphatic heterocycles. The maximum Gasteiger partial charge on any atom is 0.306 e. The maximum atomic E-state index is 12.9. The van der Waals surface area contributed by atoms with Crippen LogP contribution in [0.1, 0.15) is 342 Å². The largest absolute Gasteiger partial charge is 0.462 e. The van der Waals surface area contributed by atoms with E-state index >= 15 is 0 Å². The predicted molar refractivity (Wildman–Crippen MR) is 335 cm³/mol. The molecule has 0 radical (unpaired) electrons. The Kier molecular flexibility index (Phi) is 62.7. The van der Waals surface area contributed by atoms with Crippen molar-refractivity contribution >= 4 is 17.9 Å². The Hall–Kier alpha value is -3.15. The molecule has 1 unspecified atom stereocenters. The van der Waals surface area contributed by atoms with Crippen LogP contribution in [-0.4, -0.2) is 37.2 Å². The van der Waals surface area contributed by atoms with Crippen LogP contribution < -0.4 is 0 Å². The SMILES string of the molecule is CC/C=C\C/C=C\C/C=C\C/C=C\CCCCCCCCCCCCCCC(=O)OCC(COC(=O)CCCCCCCCCCCCCCCCCCC)OC(=O)CCCCCCCCC/C=C\C/C=C\CCCCC. The van der Waals surface area contributed by atoms with E-state index in [9.17, 15) is 14.4 Å². The molecule has 6 nitrogen and oxygen atoms in total. The molecular formula is C71H126O6. The molecule has 0 amide bonds. The molecule has 446 valence electrons. The quantitative estimate of drug-likeness (QED) is 0.0261. The highest BCUT2D eigenvalue weighted by molar-refractivity contribution is 5.71. The van der Waals surface area contributed by atoms with Crippen LogP contribution in [0.4, 0.5) is 0 Å². The molecule has 77 heavy (non-hydrogen) atoms. The van der Waals surface area contributed by atoms with Gasteiger partial charge in [0.25, 0.3) is 0 Å². The second-order valence-electron chi connectivity index (χ2n) is 22.4. The summed E-state index contributed by atoms with van der Waals surface area (Å²) < 4.78 is 17.0. The van der Waals surface area contributed by atoms with Crippen molar-refractivity contribution < 1.29 is 28.6 Å². The Morgan fingerprint density at radius 1 is 0.273 bits per heavy atom. The van der Waals surface area contributed by atoms with Crippen molar-refractivity contribution in [2.24, 2.45) is 0 Å². The number of carbonyl (C=O) groups is 3. The van der Waals surface area contributed by atoms with Crippen LogP contribution in [0.5, 0.6) is 0 Å². The van der Waals surface area contributed by atoms with Gasteiger partial charge in [-0.2, -0.15) is 0 Å². The molecular weight excluding hydrogens is 949 g/mol. The van der Waals surface area contributed by atoms with Crippen LogP contribution in [0.3, 0.4) is 0 Å². The Bertz CT molecular complexity index is 1420. The van der Waals surface area contributed by atoms with Crippen LogP contribution in [0, 0.1) is 0 Å². The molecule has 0 aliphatic carbocycles. The van der Waals surface area contributed by atoms with Gasteiger partial charge in [0, 0.05) is 19.3 Å². The van der Waals surface area contributed by atoms with Crippen LogP contribution in [0.2, 0.25) is 0 Å². The number of hydrogen-bond acceptors (Lipinski definition) is 6. The van der Waals surface area contributed by atoms with Crippen LogP contribution in [-0.2, 0) is 28.6 Å². The lowest BCUT2D eigenvalue weighted by Crippen LogP contribution is -2.30. The van der Waals surface area contributed by atoms with Crippen molar-refractivity contribution in [3.8, 4) is 0 Å². The summed E-state index contributed by atoms with van der Waals surface area (Å²) in [5.41, 5.74) is 0. The average molecular weight is 1080 g/mol. The number of esters is 3. The van der Waals surface area contributed by atoms with E-state index < -0.39 is 6.10 Å². The molecule has 0 spiro atoms. The zero-order valence-corrected chi connectivity index (χ0v) is 51.2. The Labute approximate surface area is 478 Å². The zero-order valence-electron chi connectivity index (χ0n) is 51.2. The summed E-state index contributed by atoms with van der Waals surface area (Å²) in [7, 11) is 0. The fraction of sp³-hybridized carbons (Fsp3) is 0.789. The summed E-state index contributed by atoms with van der Waals surface area (Å²) in [4.78, 5) is 38.4. The van der Waals surface area contributed by atoms with Crippen molar-refractivity contribution in [3.63, 3.8) is 0 Å². The summed E-state index contributed by atoms with van der Waals surface area (Å²) in [5.74, 6) is -0.865. The van der Waals surface area contributed by atoms with Gasteiger partial charge in [0.1, 0.15) is 13.2 Å². The minimum absolute atomic E-state index is 0.0750. The molecule has 0 aliphatic rings. The topological polar surface area (TPSA) is 78.9 Å². The summed E-state index contributed by atoms with van der Waals surface area (Å²) in [6.07, 6.45) is 84.8. The van der Waals surface area contributed by atoms with Crippen LogP contribution >= 0.6 is 0 Å². The average Bonchev–Trinajstić information content (AvgIpc) is 3.43. The molecule has 0 rings (SSSR count). The number of carbonyl (C=O) groups excluding carboxylic acids is 3. The van der Waals surface area contributed by atoms with E-state index in [4.69, 9.17) is 14.2 Å². The molecule has 6 heteroatoms. The van der Waals surface area contributed by atoms with Gasteiger partial charge in [-0.1, -0.05) is 306 Å². The van der Waals surface area contributed by atoms with Gasteiger partial charge in [0.2, 0.25) is 0 Å². The van der Waals surface area contributed by atoms with Crippen LogP contribution in [0.15, 0.2) is 72.9 Å². The minimum atomic E-state index is -0.780. The molecule has 0 saturated heterocycles. The first-order chi connectivity index (χ1) is 38.0. The minimum Gasteiger partial charge on any atom is -0.462 e. The normalized spacial score (nSPS) is 12.5. The van der Waals surface area contributed by atoms with E-state index in [1.165, 1.54) is 205 Å². The molecule has 0 aromatic rings. The number of hydrogen-bond donors (Lipinski definition) is 0. The van der Waals surface area contributed by atoms with E-state index in [1.54, 1.807) is 0 Å². The van der Waals surface area contributed by atoms with Gasteiger partial charge in [-0.25, -0.2) is 0 Å². The molecule has 0 aromatic carbocycles.